The Labute approximate surface area is 465 Å². The second kappa shape index (κ2) is 29.3. The summed E-state index contributed by atoms with van der Waals surface area (Å²) >= 11 is 0. The summed E-state index contributed by atoms with van der Waals surface area (Å²) in [6.45, 7) is 28.8. The highest BCUT2D eigenvalue weighted by atomic mass is 14.3. The van der Waals surface area contributed by atoms with Crippen molar-refractivity contribution in [1.82, 2.24) is 0 Å². The zero-order valence-electron chi connectivity index (χ0n) is 50.7. The number of benzene rings is 6. The molecule has 0 N–H and O–H groups in total. The zero-order valence-corrected chi connectivity index (χ0v) is 50.7. The van der Waals surface area contributed by atoms with Crippen LogP contribution in [0.1, 0.15) is 253 Å². The van der Waals surface area contributed by atoms with Gasteiger partial charge in [0, 0.05) is 0 Å². The van der Waals surface area contributed by atoms with Crippen LogP contribution in [0.15, 0.2) is 72.8 Å². The van der Waals surface area contributed by atoms with Crippen LogP contribution in [0.2, 0.25) is 0 Å². The molecule has 7 rings (SSSR count). The molecule has 0 radical (unpaired) electrons. The van der Waals surface area contributed by atoms with E-state index in [4.69, 9.17) is 0 Å². The molecule has 1 aliphatic rings. The molecule has 0 unspecified atom stereocenters. The number of hydrogen-bond acceptors (Lipinski definition) is 0. The van der Waals surface area contributed by atoms with Crippen molar-refractivity contribution in [2.24, 2.45) is 0 Å². The predicted octanol–water partition coefficient (Wildman–Crippen LogP) is 22.2. The highest BCUT2D eigenvalue weighted by Crippen LogP contribution is 2.53. The fraction of sp³-hybridized carbons (Fsp3) is 0.526. The van der Waals surface area contributed by atoms with Crippen LogP contribution in [0.3, 0.4) is 0 Å². The van der Waals surface area contributed by atoms with Gasteiger partial charge < -0.3 is 0 Å². The molecule has 6 aromatic rings. The minimum atomic E-state index is 1.08. The molecule has 0 fully saturated rings. The lowest BCUT2D eigenvalue weighted by Gasteiger charge is -2.31. The highest BCUT2D eigenvalue weighted by molar-refractivity contribution is 6.05. The quantitative estimate of drug-likeness (QED) is 0.0394. The molecule has 0 spiro atoms. The second-order valence-electron chi connectivity index (χ2n) is 23.2. The van der Waals surface area contributed by atoms with E-state index in [1.807, 2.05) is 0 Å². The largest absolute Gasteiger partial charge is 0.0654 e. The maximum atomic E-state index is 2.81. The first-order chi connectivity index (χ1) is 37.2. The number of fused-ring (bicyclic) bond motifs is 2. The van der Waals surface area contributed by atoms with Crippen molar-refractivity contribution >= 4 is 0 Å². The third-order valence-corrected chi connectivity index (χ3v) is 17.7. The van der Waals surface area contributed by atoms with E-state index in [-0.39, 0.29) is 0 Å². The van der Waals surface area contributed by atoms with Gasteiger partial charge in [0.15, 0.2) is 0 Å². The van der Waals surface area contributed by atoms with Crippen LogP contribution in [0.4, 0.5) is 0 Å². The van der Waals surface area contributed by atoms with Gasteiger partial charge in [0.25, 0.3) is 0 Å². The van der Waals surface area contributed by atoms with Crippen molar-refractivity contribution in [2.75, 3.05) is 0 Å². The summed E-state index contributed by atoms with van der Waals surface area (Å²) in [6.07, 6.45) is 32.5. The van der Waals surface area contributed by atoms with Crippen molar-refractivity contribution in [3.63, 3.8) is 0 Å². The minimum absolute atomic E-state index is 1.08. The van der Waals surface area contributed by atoms with Gasteiger partial charge in [-0.15, -0.1) is 0 Å². The van der Waals surface area contributed by atoms with Crippen LogP contribution >= 0.6 is 0 Å². The van der Waals surface area contributed by atoms with E-state index in [0.717, 1.165) is 77.0 Å². The minimum Gasteiger partial charge on any atom is -0.0654 e. The standard InChI is InChI=1S/C76H104/c1-13-25-35-57-49-67(61(39-29-17-5)45-53(57)21-9)73-71-65-43-33-34-44-66(65)72(71)74(68-50-58(36-26-14-2)54(22-10)46-62(68)40-30-18-6)76(70-52-60(38-28-16-4)56(24-12)48-64(70)42-32-20-8)75(73)69-51-59(37-27-15-3)55(23-11)47-63(69)41-31-19-7/h33-34,43-52H,13-32,35-42H2,1-12H3. The Bertz CT molecular complexity index is 2860. The average Bonchev–Trinajstić information content (AvgIpc) is 3.46. The van der Waals surface area contributed by atoms with Gasteiger partial charge in [-0.2, -0.15) is 0 Å². The van der Waals surface area contributed by atoms with Crippen LogP contribution in [0, 0.1) is 20.9 Å². The lowest BCUT2D eigenvalue weighted by molar-refractivity contribution is 0.777. The summed E-state index contributed by atoms with van der Waals surface area (Å²) in [6, 6.07) is 31.8. The summed E-state index contributed by atoms with van der Waals surface area (Å²) in [5, 5.41) is 5.94. The van der Waals surface area contributed by atoms with Crippen molar-refractivity contribution in [3.8, 4) is 44.5 Å². The molecule has 6 aromatic carbocycles. The van der Waals surface area contributed by atoms with Crippen molar-refractivity contribution in [1.29, 1.82) is 0 Å². The van der Waals surface area contributed by atoms with E-state index in [9.17, 15) is 0 Å². The molecular weight excluding hydrogens is 913 g/mol. The van der Waals surface area contributed by atoms with Gasteiger partial charge in [-0.25, -0.2) is 0 Å². The molecule has 0 heterocycles. The molecular formula is C76H104. The average molecular weight is 1020 g/mol. The summed E-state index contributed by atoms with van der Waals surface area (Å²) in [4.78, 5) is 0. The molecule has 0 atom stereocenters. The van der Waals surface area contributed by atoms with Gasteiger partial charge in [0.05, 0.1) is 0 Å². The van der Waals surface area contributed by atoms with Crippen LogP contribution in [-0.4, -0.2) is 0 Å². The molecule has 0 nitrogen and oxygen atoms in total. The van der Waals surface area contributed by atoms with E-state index < -0.39 is 0 Å². The first-order valence-corrected chi connectivity index (χ1v) is 32.2. The molecule has 0 aliphatic heterocycles. The SMILES string of the molecule is CCCCc1cc(-c2c(-c3cc(CCCC)c(CC)cc3CCCC)c(-c3cc(CCCC)c(CC)cc3CCCC)c3c(c2-c2cc(CCCC)c(CC)cc2CCCC)=c2ccccc2=3)c(CCCC)cc1CC. The van der Waals surface area contributed by atoms with Crippen LogP contribution in [-0.2, 0) is 77.0 Å². The summed E-state index contributed by atoms with van der Waals surface area (Å²) in [5.74, 6) is 0. The lowest BCUT2D eigenvalue weighted by atomic mass is 9.72. The Kier molecular flexibility index (Phi) is 22.8. The van der Waals surface area contributed by atoms with Gasteiger partial charge in [-0.3, -0.25) is 0 Å². The molecule has 0 saturated carbocycles. The Morgan fingerprint density at radius 3 is 0.645 bits per heavy atom. The van der Waals surface area contributed by atoms with Crippen molar-refractivity contribution in [3.05, 3.63) is 160 Å². The lowest BCUT2D eigenvalue weighted by Crippen LogP contribution is -2.11. The van der Waals surface area contributed by atoms with Crippen LogP contribution < -0.4 is 0 Å². The predicted molar refractivity (Wildman–Crippen MR) is 336 cm³/mol. The van der Waals surface area contributed by atoms with Crippen LogP contribution in [0.25, 0.3) is 44.5 Å². The van der Waals surface area contributed by atoms with Gasteiger partial charge in [-0.1, -0.05) is 207 Å². The van der Waals surface area contributed by atoms with E-state index in [1.165, 1.54) is 168 Å². The van der Waals surface area contributed by atoms with Crippen LogP contribution in [0.5, 0.6) is 0 Å². The monoisotopic (exact) mass is 1020 g/mol. The molecule has 408 valence electrons. The number of aryl methyl sites for hydroxylation is 12. The molecule has 0 aromatic heterocycles. The molecule has 0 bridgehead atoms. The first-order valence-electron chi connectivity index (χ1n) is 32.2. The molecule has 76 heavy (non-hydrogen) atoms. The van der Waals surface area contributed by atoms with Crippen molar-refractivity contribution < 1.29 is 0 Å². The zero-order chi connectivity index (χ0) is 54.1. The van der Waals surface area contributed by atoms with E-state index in [2.05, 4.69) is 156 Å². The number of rotatable bonds is 32. The second-order valence-corrected chi connectivity index (χ2v) is 23.2. The Morgan fingerprint density at radius 2 is 0.434 bits per heavy atom. The van der Waals surface area contributed by atoms with Gasteiger partial charge >= 0.3 is 0 Å². The fourth-order valence-electron chi connectivity index (χ4n) is 13.1. The van der Waals surface area contributed by atoms with E-state index in [1.54, 1.807) is 66.8 Å². The molecule has 0 amide bonds. The smallest absolute Gasteiger partial charge is 0.000730 e. The first kappa shape index (κ1) is 59.0. The normalized spacial score (nSPS) is 11.8. The molecule has 0 heteroatoms. The Morgan fingerprint density at radius 1 is 0.224 bits per heavy atom. The Hall–Kier alpha value is -4.68. The Balaban J connectivity index is 1.92. The maximum Gasteiger partial charge on any atom is -0.000730 e. The fourth-order valence-corrected chi connectivity index (χ4v) is 13.1. The third kappa shape index (κ3) is 12.9. The topological polar surface area (TPSA) is 0 Å². The number of unbranched alkanes of at least 4 members (excludes halogenated alkanes) is 8. The summed E-state index contributed by atoms with van der Waals surface area (Å²) < 4.78 is 0. The molecule has 1 aliphatic carbocycles. The molecule has 0 saturated heterocycles. The highest BCUT2D eigenvalue weighted by Gasteiger charge is 2.31. The van der Waals surface area contributed by atoms with Gasteiger partial charge in [0.2, 0.25) is 0 Å². The summed E-state index contributed by atoms with van der Waals surface area (Å²) in [7, 11) is 0. The van der Waals surface area contributed by atoms with Gasteiger partial charge in [-0.05, 0) is 261 Å². The van der Waals surface area contributed by atoms with Crippen molar-refractivity contribution in [2.45, 2.75) is 263 Å². The van der Waals surface area contributed by atoms with E-state index in [0.29, 0.717) is 0 Å². The van der Waals surface area contributed by atoms with E-state index >= 15 is 0 Å². The maximum absolute atomic E-state index is 2.81. The third-order valence-electron chi connectivity index (χ3n) is 17.7. The van der Waals surface area contributed by atoms with Gasteiger partial charge in [0.1, 0.15) is 0 Å². The summed E-state index contributed by atoms with van der Waals surface area (Å²) in [5.41, 5.74) is 31.0. The number of hydrogen-bond donors (Lipinski definition) is 0.